The van der Waals surface area contributed by atoms with Crippen molar-refractivity contribution in [1.82, 2.24) is 0 Å². The molecule has 2 rings (SSSR count). The van der Waals surface area contributed by atoms with Gasteiger partial charge in [0.05, 0.1) is 26.4 Å². The largest absolute Gasteiger partial charge is 0.466 e. The zero-order valence-electron chi connectivity index (χ0n) is 15.7. The number of hydrogen-bond acceptors (Lipinski definition) is 8. The Hall–Kier alpha value is -2.91. The van der Waals surface area contributed by atoms with Gasteiger partial charge in [-0.3, -0.25) is 4.79 Å². The van der Waals surface area contributed by atoms with Crippen LogP contribution in [0.3, 0.4) is 0 Å². The molecule has 0 bridgehead atoms. The van der Waals surface area contributed by atoms with E-state index >= 15 is 0 Å². The third kappa shape index (κ3) is 4.63. The predicted octanol–water partition coefficient (Wildman–Crippen LogP) is 0.974. The summed E-state index contributed by atoms with van der Waals surface area (Å²) in [7, 11) is 3.90. The zero-order valence-corrected chi connectivity index (χ0v) is 15.7. The Balaban J connectivity index is 2.40. The van der Waals surface area contributed by atoms with E-state index in [1.54, 1.807) is 25.1 Å². The highest BCUT2D eigenvalue weighted by molar-refractivity contribution is 6.03. The maximum absolute atomic E-state index is 12.3. The third-order valence-corrected chi connectivity index (χ3v) is 3.90. The number of carbonyl (C=O) groups is 3. The van der Waals surface area contributed by atoms with Crippen molar-refractivity contribution in [3.05, 3.63) is 35.0 Å². The van der Waals surface area contributed by atoms with Crippen molar-refractivity contribution in [2.75, 3.05) is 51.5 Å². The lowest BCUT2D eigenvalue weighted by molar-refractivity contribution is -0.140. The van der Waals surface area contributed by atoms with Crippen molar-refractivity contribution < 1.29 is 33.3 Å². The quantitative estimate of drug-likeness (QED) is 0.731. The van der Waals surface area contributed by atoms with Crippen molar-refractivity contribution in [3.8, 4) is 0 Å². The summed E-state index contributed by atoms with van der Waals surface area (Å²) >= 11 is 0. The van der Waals surface area contributed by atoms with Gasteiger partial charge < -0.3 is 29.2 Å². The first kappa shape index (κ1) is 20.4. The number of nitrogens with one attached hydrogen (secondary N) is 1. The molecule has 0 spiro atoms. The Bertz CT molecular complexity index is 773. The van der Waals surface area contributed by atoms with Gasteiger partial charge in [0.25, 0.3) is 0 Å². The minimum absolute atomic E-state index is 0.0553. The fourth-order valence-corrected chi connectivity index (χ4v) is 2.62. The highest BCUT2D eigenvalue weighted by Crippen LogP contribution is 2.29. The van der Waals surface area contributed by atoms with Gasteiger partial charge in [-0.05, 0) is 30.7 Å². The number of hydrogen-bond donors (Lipinski definition) is 1. The number of methoxy groups -OCH3 is 3. The number of benzene rings is 1. The van der Waals surface area contributed by atoms with Gasteiger partial charge in [0.1, 0.15) is 19.0 Å². The number of carbonyl (C=O) groups excluding carboxylic acids is 3. The standard InChI is InChI=1S/C18H22N2O7/c1-11-7-12(5-6-14(11)19-15(21)9-24-2)20-10-27-8-13(17(22)25-3)16(20)18(23)26-4/h5-7H,8-10H2,1-4H3,(H,19,21). The zero-order chi connectivity index (χ0) is 20.0. The topological polar surface area (TPSA) is 103 Å². The van der Waals surface area contributed by atoms with E-state index in [-0.39, 0.29) is 37.1 Å². The van der Waals surface area contributed by atoms with Crippen LogP contribution in [0.15, 0.2) is 29.5 Å². The molecule has 9 heteroatoms. The number of esters is 2. The minimum atomic E-state index is -0.672. The second kappa shape index (κ2) is 9.15. The maximum Gasteiger partial charge on any atom is 0.355 e. The molecule has 9 nitrogen and oxygen atoms in total. The third-order valence-electron chi connectivity index (χ3n) is 3.90. The highest BCUT2D eigenvalue weighted by Gasteiger charge is 2.32. The average molecular weight is 378 g/mol. The lowest BCUT2D eigenvalue weighted by atomic mass is 10.1. The first-order chi connectivity index (χ1) is 12.9. The molecule has 0 saturated heterocycles. The van der Waals surface area contributed by atoms with Crippen molar-refractivity contribution >= 4 is 29.2 Å². The Kier molecular flexibility index (Phi) is 6.91. The first-order valence-electron chi connectivity index (χ1n) is 8.07. The molecule has 0 saturated carbocycles. The SMILES string of the molecule is COCC(=O)Nc1ccc(N2COCC(C(=O)OC)=C2C(=O)OC)cc1C. The molecule has 1 aliphatic rings. The van der Waals surface area contributed by atoms with E-state index in [0.29, 0.717) is 11.4 Å². The number of amides is 1. The van der Waals surface area contributed by atoms with Crippen LogP contribution in [-0.4, -0.2) is 59.1 Å². The summed E-state index contributed by atoms with van der Waals surface area (Å²) < 4.78 is 19.8. The Morgan fingerprint density at radius 3 is 2.44 bits per heavy atom. The van der Waals surface area contributed by atoms with Crippen LogP contribution < -0.4 is 10.2 Å². The summed E-state index contributed by atoms with van der Waals surface area (Å²) in [5.41, 5.74) is 2.09. The normalized spacial score (nSPS) is 14.0. The van der Waals surface area contributed by atoms with Crippen LogP contribution in [-0.2, 0) is 33.3 Å². The van der Waals surface area contributed by atoms with Gasteiger partial charge >= 0.3 is 11.9 Å². The number of anilines is 2. The molecule has 1 amide bonds. The highest BCUT2D eigenvalue weighted by atomic mass is 16.5. The molecule has 1 aromatic rings. The van der Waals surface area contributed by atoms with Crippen LogP contribution in [0, 0.1) is 6.92 Å². The lowest BCUT2D eigenvalue weighted by Gasteiger charge is -2.31. The van der Waals surface area contributed by atoms with Crippen LogP contribution in [0.1, 0.15) is 5.56 Å². The molecule has 0 aromatic heterocycles. The molecular weight excluding hydrogens is 356 g/mol. The van der Waals surface area contributed by atoms with E-state index < -0.39 is 11.9 Å². The summed E-state index contributed by atoms with van der Waals surface area (Å²) in [6.07, 6.45) is 0. The van der Waals surface area contributed by atoms with Gasteiger partial charge in [0, 0.05) is 18.5 Å². The Morgan fingerprint density at radius 1 is 1.15 bits per heavy atom. The molecule has 146 valence electrons. The molecule has 1 aliphatic heterocycles. The first-order valence-corrected chi connectivity index (χ1v) is 8.07. The fourth-order valence-electron chi connectivity index (χ4n) is 2.62. The van der Waals surface area contributed by atoms with Crippen molar-refractivity contribution in [2.45, 2.75) is 6.92 Å². The Labute approximate surface area is 156 Å². The van der Waals surface area contributed by atoms with Crippen LogP contribution in [0.5, 0.6) is 0 Å². The van der Waals surface area contributed by atoms with E-state index in [0.717, 1.165) is 5.56 Å². The molecule has 0 radical (unpaired) electrons. The van der Waals surface area contributed by atoms with Crippen LogP contribution in [0.2, 0.25) is 0 Å². The molecule has 27 heavy (non-hydrogen) atoms. The molecule has 1 heterocycles. The van der Waals surface area contributed by atoms with Gasteiger partial charge in [-0.2, -0.15) is 0 Å². The lowest BCUT2D eigenvalue weighted by Crippen LogP contribution is -2.38. The van der Waals surface area contributed by atoms with Gasteiger partial charge in [0.15, 0.2) is 0 Å². The minimum Gasteiger partial charge on any atom is -0.466 e. The molecule has 1 N–H and O–H groups in total. The average Bonchev–Trinajstić information content (AvgIpc) is 2.67. The van der Waals surface area contributed by atoms with Crippen molar-refractivity contribution in [1.29, 1.82) is 0 Å². The number of nitrogens with zero attached hydrogens (tertiary/aromatic N) is 1. The number of ether oxygens (including phenoxy) is 4. The molecule has 0 atom stereocenters. The molecule has 1 aromatic carbocycles. The van der Waals surface area contributed by atoms with E-state index in [9.17, 15) is 14.4 Å². The second-order valence-corrected chi connectivity index (χ2v) is 5.70. The second-order valence-electron chi connectivity index (χ2n) is 5.70. The van der Waals surface area contributed by atoms with E-state index in [1.165, 1.54) is 26.2 Å². The Morgan fingerprint density at radius 2 is 1.85 bits per heavy atom. The van der Waals surface area contributed by atoms with Gasteiger partial charge in [-0.1, -0.05) is 0 Å². The molecule has 0 fully saturated rings. The molecule has 0 aliphatic carbocycles. The number of aryl methyl sites for hydroxylation is 1. The van der Waals surface area contributed by atoms with Gasteiger partial charge in [0.2, 0.25) is 5.91 Å². The van der Waals surface area contributed by atoms with E-state index in [2.05, 4.69) is 5.32 Å². The van der Waals surface area contributed by atoms with E-state index in [1.807, 2.05) is 0 Å². The summed E-state index contributed by atoms with van der Waals surface area (Å²) in [6, 6.07) is 5.15. The summed E-state index contributed by atoms with van der Waals surface area (Å²) in [4.78, 5) is 37.5. The molecule has 0 unspecified atom stereocenters. The van der Waals surface area contributed by atoms with E-state index in [4.69, 9.17) is 18.9 Å². The predicted molar refractivity (Wildman–Crippen MR) is 96.0 cm³/mol. The van der Waals surface area contributed by atoms with Crippen LogP contribution in [0.4, 0.5) is 11.4 Å². The fraction of sp³-hybridized carbons (Fsp3) is 0.389. The molecular formula is C18H22N2O7. The van der Waals surface area contributed by atoms with Gasteiger partial charge in [-0.25, -0.2) is 9.59 Å². The summed E-state index contributed by atoms with van der Waals surface area (Å²) in [5.74, 6) is -1.62. The maximum atomic E-state index is 12.3. The van der Waals surface area contributed by atoms with Crippen LogP contribution in [0.25, 0.3) is 0 Å². The van der Waals surface area contributed by atoms with Crippen molar-refractivity contribution in [2.24, 2.45) is 0 Å². The van der Waals surface area contributed by atoms with Crippen molar-refractivity contribution in [3.63, 3.8) is 0 Å². The summed E-state index contributed by atoms with van der Waals surface area (Å²) in [6.45, 7) is 1.75. The van der Waals surface area contributed by atoms with Gasteiger partial charge in [-0.15, -0.1) is 0 Å². The smallest absolute Gasteiger partial charge is 0.355 e. The summed E-state index contributed by atoms with van der Waals surface area (Å²) in [5, 5.41) is 2.73. The number of rotatable bonds is 6. The van der Waals surface area contributed by atoms with Crippen LogP contribution >= 0.6 is 0 Å². The monoisotopic (exact) mass is 378 g/mol.